The average Bonchev–Trinajstić information content (AvgIpc) is 2.94. The number of hydrogen-bond acceptors (Lipinski definition) is 3. The van der Waals surface area contributed by atoms with Crippen molar-refractivity contribution in [1.29, 1.82) is 0 Å². The summed E-state index contributed by atoms with van der Waals surface area (Å²) in [5, 5.41) is 15.3. The second kappa shape index (κ2) is 8.86. The number of nitrogens with one attached hydrogen (secondary N) is 2. The normalized spacial score (nSPS) is 10.6. The van der Waals surface area contributed by atoms with Crippen LogP contribution in [0.2, 0.25) is 0 Å². The van der Waals surface area contributed by atoms with Crippen molar-refractivity contribution >= 4 is 34.4 Å². The van der Waals surface area contributed by atoms with Crippen LogP contribution in [0.3, 0.4) is 0 Å². The van der Waals surface area contributed by atoms with Gasteiger partial charge in [0.25, 0.3) is 0 Å². The molecule has 1 aromatic heterocycles. The molecule has 0 aliphatic heterocycles. The van der Waals surface area contributed by atoms with Crippen LogP contribution in [0.1, 0.15) is 32.6 Å². The topological polar surface area (TPSA) is 100 Å². The highest BCUT2D eigenvalue weighted by atomic mass is 16.4. The van der Waals surface area contributed by atoms with Crippen LogP contribution in [0.4, 0.5) is 5.69 Å². The van der Waals surface area contributed by atoms with Crippen LogP contribution >= 0.6 is 0 Å². The van der Waals surface area contributed by atoms with Gasteiger partial charge in [0.2, 0.25) is 11.8 Å². The number of amides is 2. The van der Waals surface area contributed by atoms with Gasteiger partial charge in [0.05, 0.1) is 0 Å². The predicted molar refractivity (Wildman–Crippen MR) is 95.4 cm³/mol. The number of carboxylic acid groups (broad SMARTS) is 1. The largest absolute Gasteiger partial charge is 0.480 e. The van der Waals surface area contributed by atoms with Crippen LogP contribution in [-0.2, 0) is 20.9 Å². The molecule has 1 heterocycles. The van der Waals surface area contributed by atoms with Gasteiger partial charge >= 0.3 is 5.97 Å². The molecule has 2 aromatic rings. The molecule has 0 bridgehead atoms. The van der Waals surface area contributed by atoms with Gasteiger partial charge in [-0.2, -0.15) is 0 Å². The molecule has 0 unspecified atom stereocenters. The Bertz CT molecular complexity index is 767. The van der Waals surface area contributed by atoms with E-state index >= 15 is 0 Å². The smallest absolute Gasteiger partial charge is 0.323 e. The van der Waals surface area contributed by atoms with Gasteiger partial charge in [-0.15, -0.1) is 0 Å². The van der Waals surface area contributed by atoms with Crippen molar-refractivity contribution in [2.45, 2.75) is 39.2 Å². The molecule has 0 saturated heterocycles. The Balaban J connectivity index is 1.86. The fraction of sp³-hybridized carbons (Fsp3) is 0.389. The molecule has 2 amide bonds. The van der Waals surface area contributed by atoms with Crippen LogP contribution in [0.15, 0.2) is 30.5 Å². The zero-order valence-corrected chi connectivity index (χ0v) is 14.2. The number of rotatable bonds is 9. The molecule has 1 aromatic carbocycles. The zero-order valence-electron chi connectivity index (χ0n) is 14.2. The molecule has 134 valence electrons. The third-order valence-electron chi connectivity index (χ3n) is 3.74. The van der Waals surface area contributed by atoms with Crippen LogP contribution in [0.25, 0.3) is 10.9 Å². The number of aliphatic carboxylic acids is 1. The number of carbonyl (C=O) groups excluding carboxylic acids is 2. The average molecular weight is 345 g/mol. The van der Waals surface area contributed by atoms with Crippen LogP contribution in [0, 0.1) is 0 Å². The van der Waals surface area contributed by atoms with E-state index in [9.17, 15) is 14.4 Å². The second-order valence-corrected chi connectivity index (χ2v) is 5.86. The standard InChI is InChI=1S/C18H23N3O4/c1-2-9-19-16(22)4-3-5-17(23)20-14-6-7-15-13(11-14)8-10-21(15)12-18(24)25/h6-8,10-11H,2-5,9,12H2,1H3,(H,19,22)(H,20,23)(H,24,25). The minimum Gasteiger partial charge on any atom is -0.480 e. The van der Waals surface area contributed by atoms with Gasteiger partial charge in [0.1, 0.15) is 6.54 Å². The highest BCUT2D eigenvalue weighted by Crippen LogP contribution is 2.21. The molecular weight excluding hydrogens is 322 g/mol. The van der Waals surface area contributed by atoms with Crippen molar-refractivity contribution in [3.63, 3.8) is 0 Å². The Labute approximate surface area is 146 Å². The van der Waals surface area contributed by atoms with E-state index in [0.29, 0.717) is 25.1 Å². The van der Waals surface area contributed by atoms with Gasteiger partial charge in [-0.3, -0.25) is 14.4 Å². The molecule has 0 saturated carbocycles. The number of carboxylic acids is 1. The summed E-state index contributed by atoms with van der Waals surface area (Å²) < 4.78 is 1.64. The highest BCUT2D eigenvalue weighted by Gasteiger charge is 2.08. The first-order valence-corrected chi connectivity index (χ1v) is 8.37. The Kier molecular flexibility index (Phi) is 6.56. The lowest BCUT2D eigenvalue weighted by Gasteiger charge is -2.07. The SMILES string of the molecule is CCCNC(=O)CCCC(=O)Nc1ccc2c(ccn2CC(=O)O)c1. The lowest BCUT2D eigenvalue weighted by atomic mass is 10.2. The number of carbonyl (C=O) groups is 3. The predicted octanol–water partition coefficient (Wildman–Crippen LogP) is 2.36. The van der Waals surface area contributed by atoms with Crippen molar-refractivity contribution in [3.05, 3.63) is 30.5 Å². The number of anilines is 1. The van der Waals surface area contributed by atoms with Crippen molar-refractivity contribution in [1.82, 2.24) is 9.88 Å². The Morgan fingerprint density at radius 1 is 1.12 bits per heavy atom. The number of fused-ring (bicyclic) bond motifs is 1. The van der Waals surface area contributed by atoms with Gasteiger partial charge in [0, 0.05) is 42.2 Å². The highest BCUT2D eigenvalue weighted by molar-refractivity contribution is 5.94. The lowest BCUT2D eigenvalue weighted by Crippen LogP contribution is -2.24. The van der Waals surface area contributed by atoms with E-state index in [1.165, 1.54) is 0 Å². The summed E-state index contributed by atoms with van der Waals surface area (Å²) in [4.78, 5) is 34.3. The van der Waals surface area contributed by atoms with Gasteiger partial charge in [-0.1, -0.05) is 6.92 Å². The molecule has 7 nitrogen and oxygen atoms in total. The van der Waals surface area contributed by atoms with E-state index in [-0.39, 0.29) is 24.8 Å². The third-order valence-corrected chi connectivity index (χ3v) is 3.74. The summed E-state index contributed by atoms with van der Waals surface area (Å²) >= 11 is 0. The van der Waals surface area contributed by atoms with E-state index in [4.69, 9.17) is 5.11 Å². The van der Waals surface area contributed by atoms with Crippen molar-refractivity contribution < 1.29 is 19.5 Å². The van der Waals surface area contributed by atoms with E-state index < -0.39 is 5.97 Å². The molecular formula is C18H23N3O4. The first-order chi connectivity index (χ1) is 12.0. The quantitative estimate of drug-likeness (QED) is 0.649. The van der Waals surface area contributed by atoms with Gasteiger partial charge < -0.3 is 20.3 Å². The summed E-state index contributed by atoms with van der Waals surface area (Å²) in [5.41, 5.74) is 1.45. The molecule has 0 radical (unpaired) electrons. The molecule has 0 fully saturated rings. The van der Waals surface area contributed by atoms with Crippen LogP contribution in [-0.4, -0.2) is 34.0 Å². The number of hydrogen-bond donors (Lipinski definition) is 3. The van der Waals surface area contributed by atoms with Gasteiger partial charge in [-0.05, 0) is 37.1 Å². The maximum absolute atomic E-state index is 12.0. The van der Waals surface area contributed by atoms with Gasteiger partial charge in [-0.25, -0.2) is 0 Å². The Morgan fingerprint density at radius 2 is 1.88 bits per heavy atom. The van der Waals surface area contributed by atoms with Gasteiger partial charge in [0.15, 0.2) is 0 Å². The lowest BCUT2D eigenvalue weighted by molar-refractivity contribution is -0.137. The minimum absolute atomic E-state index is 0.0316. The van der Waals surface area contributed by atoms with E-state index in [1.54, 1.807) is 29.0 Å². The van der Waals surface area contributed by atoms with Crippen LogP contribution in [0.5, 0.6) is 0 Å². The van der Waals surface area contributed by atoms with Crippen molar-refractivity contribution in [2.75, 3.05) is 11.9 Å². The maximum atomic E-state index is 12.0. The molecule has 0 aliphatic rings. The summed E-state index contributed by atoms with van der Waals surface area (Å²) in [6.07, 6.45) is 3.71. The first-order valence-electron chi connectivity index (χ1n) is 8.37. The third kappa shape index (κ3) is 5.63. The summed E-state index contributed by atoms with van der Waals surface area (Å²) in [7, 11) is 0. The molecule has 0 spiro atoms. The first kappa shape index (κ1) is 18.5. The van der Waals surface area contributed by atoms with Crippen molar-refractivity contribution in [3.8, 4) is 0 Å². The Hall–Kier alpha value is -2.83. The molecule has 3 N–H and O–H groups in total. The molecule has 0 atom stereocenters. The van der Waals surface area contributed by atoms with E-state index in [0.717, 1.165) is 17.3 Å². The fourth-order valence-electron chi connectivity index (χ4n) is 2.55. The molecule has 0 aliphatic carbocycles. The number of aromatic nitrogens is 1. The minimum atomic E-state index is -0.905. The fourth-order valence-corrected chi connectivity index (χ4v) is 2.55. The van der Waals surface area contributed by atoms with E-state index in [1.807, 2.05) is 13.0 Å². The summed E-state index contributed by atoms with van der Waals surface area (Å²) in [6.45, 7) is 2.54. The summed E-state index contributed by atoms with van der Waals surface area (Å²) in [5.74, 6) is -1.08. The second-order valence-electron chi connectivity index (χ2n) is 5.86. The van der Waals surface area contributed by atoms with E-state index in [2.05, 4.69) is 10.6 Å². The van der Waals surface area contributed by atoms with Crippen LogP contribution < -0.4 is 10.6 Å². The monoisotopic (exact) mass is 345 g/mol. The number of benzene rings is 1. The summed E-state index contributed by atoms with van der Waals surface area (Å²) in [6, 6.07) is 7.14. The number of nitrogens with zero attached hydrogens (tertiary/aromatic N) is 1. The van der Waals surface area contributed by atoms with Crippen molar-refractivity contribution in [2.24, 2.45) is 0 Å². The maximum Gasteiger partial charge on any atom is 0.323 e. The molecule has 25 heavy (non-hydrogen) atoms. The molecule has 2 rings (SSSR count). The Morgan fingerprint density at radius 3 is 2.60 bits per heavy atom. The molecule has 7 heteroatoms. The zero-order chi connectivity index (χ0) is 18.2.